The number of methoxy groups -OCH3 is 1. The van der Waals surface area contributed by atoms with Gasteiger partial charge in [-0.3, -0.25) is 20.4 Å². The molecule has 0 spiro atoms. The third-order valence-electron chi connectivity index (χ3n) is 9.99. The fraction of sp³-hybridized carbons (Fsp3) is 0.257. The first-order valence-corrected chi connectivity index (χ1v) is 17.4. The molecule has 20 heteroatoms. The number of carboxylic acid groups (broad SMARTS) is 1. The van der Waals surface area contributed by atoms with Crippen molar-refractivity contribution in [3.8, 4) is 0 Å². The van der Waals surface area contributed by atoms with Gasteiger partial charge in [0.15, 0.2) is 23.0 Å². The fourth-order valence-electron chi connectivity index (χ4n) is 7.40. The van der Waals surface area contributed by atoms with E-state index in [4.69, 9.17) is 4.74 Å². The zero-order valence-corrected chi connectivity index (χ0v) is 29.1. The summed E-state index contributed by atoms with van der Waals surface area (Å²) >= 11 is 0. The van der Waals surface area contributed by atoms with E-state index in [1.807, 2.05) is 6.07 Å². The van der Waals surface area contributed by atoms with Crippen LogP contribution in [0.25, 0.3) is 22.1 Å². The predicted octanol–water partition coefficient (Wildman–Crippen LogP) is 3.45. The Morgan fingerprint density at radius 1 is 0.709 bits per heavy atom. The third kappa shape index (κ3) is 5.98. The number of ether oxygens (including phenoxy) is 1. The van der Waals surface area contributed by atoms with E-state index < -0.39 is 18.0 Å². The average molecular weight is 745 g/mol. The van der Waals surface area contributed by atoms with Crippen molar-refractivity contribution >= 4 is 81.0 Å². The second-order valence-electron chi connectivity index (χ2n) is 13.2. The Bertz CT molecular complexity index is 2520. The molecule has 0 radical (unpaired) electrons. The van der Waals surface area contributed by atoms with Crippen molar-refractivity contribution < 1.29 is 29.0 Å². The molecule has 6 aromatic heterocycles. The minimum absolute atomic E-state index is 0.0381. The van der Waals surface area contributed by atoms with Crippen LogP contribution in [0.1, 0.15) is 33.8 Å². The molecule has 4 aliphatic rings. The largest absolute Gasteiger partial charge is 0.477 e. The molecule has 10 rings (SSSR count). The molecule has 5 N–H and O–H groups in total. The number of carbonyl (C=O) groups is 4. The van der Waals surface area contributed by atoms with Crippen molar-refractivity contribution in [1.29, 1.82) is 0 Å². The van der Waals surface area contributed by atoms with E-state index in [0.29, 0.717) is 29.2 Å². The molecule has 6 aromatic rings. The fourth-order valence-corrected chi connectivity index (χ4v) is 7.40. The number of hydrogen-bond acceptors (Lipinski definition) is 13. The summed E-state index contributed by atoms with van der Waals surface area (Å²) in [6, 6.07) is 9.26. The van der Waals surface area contributed by atoms with Crippen molar-refractivity contribution in [2.24, 2.45) is 0 Å². The number of pyridine rings is 2. The number of esters is 1. The van der Waals surface area contributed by atoms with Crippen LogP contribution in [0, 0.1) is 0 Å². The van der Waals surface area contributed by atoms with Crippen molar-refractivity contribution in [3.05, 3.63) is 72.6 Å². The van der Waals surface area contributed by atoms with E-state index in [-0.39, 0.29) is 41.4 Å². The number of aromatic amines is 2. The van der Waals surface area contributed by atoms with Gasteiger partial charge in [-0.15, -0.1) is 0 Å². The summed E-state index contributed by atoms with van der Waals surface area (Å²) in [6.45, 7) is 3.03. The number of fused-ring (bicyclic) bond motifs is 10. The Hall–Kier alpha value is -7.38. The van der Waals surface area contributed by atoms with Crippen LogP contribution in [0.15, 0.2) is 61.2 Å². The zero-order chi connectivity index (χ0) is 37.8. The van der Waals surface area contributed by atoms with Crippen LogP contribution in [-0.4, -0.2) is 114 Å². The Morgan fingerprint density at radius 3 is 1.69 bits per heavy atom. The van der Waals surface area contributed by atoms with Gasteiger partial charge >= 0.3 is 24.0 Å². The van der Waals surface area contributed by atoms with Crippen molar-refractivity contribution in [2.45, 2.75) is 24.9 Å². The molecule has 2 fully saturated rings. The molecule has 4 amide bonds. The maximum absolute atomic E-state index is 13.1. The van der Waals surface area contributed by atoms with E-state index in [0.717, 1.165) is 54.9 Å². The highest BCUT2D eigenvalue weighted by molar-refractivity contribution is 6.05. The van der Waals surface area contributed by atoms with E-state index in [1.54, 1.807) is 54.0 Å². The minimum atomic E-state index is -1.13. The molecule has 0 aromatic carbocycles. The quantitative estimate of drug-likeness (QED) is 0.162. The third-order valence-corrected chi connectivity index (χ3v) is 9.99. The van der Waals surface area contributed by atoms with Gasteiger partial charge in [0, 0.05) is 38.6 Å². The van der Waals surface area contributed by atoms with E-state index in [1.165, 1.54) is 18.1 Å². The monoisotopic (exact) mass is 744 g/mol. The van der Waals surface area contributed by atoms with Crippen LogP contribution in [0.2, 0.25) is 0 Å². The summed E-state index contributed by atoms with van der Waals surface area (Å²) in [5.41, 5.74) is 4.60. The molecule has 0 unspecified atom stereocenters. The number of amides is 4. The van der Waals surface area contributed by atoms with Gasteiger partial charge in [0.2, 0.25) is 11.9 Å². The van der Waals surface area contributed by atoms with E-state index >= 15 is 0 Å². The van der Waals surface area contributed by atoms with Crippen LogP contribution >= 0.6 is 0 Å². The van der Waals surface area contributed by atoms with Crippen LogP contribution in [0.5, 0.6) is 0 Å². The van der Waals surface area contributed by atoms with Crippen LogP contribution in [0.3, 0.4) is 0 Å². The van der Waals surface area contributed by atoms with Gasteiger partial charge in [0.1, 0.15) is 0 Å². The number of aromatic carboxylic acids is 1. The minimum Gasteiger partial charge on any atom is -0.477 e. The summed E-state index contributed by atoms with van der Waals surface area (Å²) in [6.07, 6.45) is 8.32. The number of urea groups is 2. The van der Waals surface area contributed by atoms with E-state index in [2.05, 4.69) is 60.3 Å². The maximum atomic E-state index is 13.1. The first-order valence-electron chi connectivity index (χ1n) is 17.4. The molecular weight excluding hydrogens is 712 g/mol. The molecule has 20 nitrogen and oxygen atoms in total. The van der Waals surface area contributed by atoms with Gasteiger partial charge in [-0.25, -0.2) is 49.1 Å². The topological polar surface area (TPSA) is 244 Å². The highest BCUT2D eigenvalue weighted by atomic mass is 16.5. The lowest BCUT2D eigenvalue weighted by molar-refractivity contribution is 0.0593. The molecule has 10 heterocycles. The smallest absolute Gasteiger partial charge is 0.356 e. The Labute approximate surface area is 310 Å². The Kier molecular flexibility index (Phi) is 8.05. The lowest BCUT2D eigenvalue weighted by Crippen LogP contribution is -2.48. The standard InChI is InChI=1S/C18H17N7O3.C17H15N7O3/c1-28-16(26)12-2-3-14-15(21-12)25(10-5-7-24(14)9-10)18(27)23-17-20-8-13-11(22-17)4-6-19-13;25-15(26)11-1-2-13-14(20-11)24(9-4-6-23(13)8-9)17(27)22-16-19-7-12-10(21-16)3-5-18-12/h2-4,6,8,10,19H,5,7,9H2,1H3,(H,20,22,23,27);1-3,5,7,9,18H,4,6,8H2,(H,25,26)(H,19,21,22,27)/t10-;9-/m00/s1. The lowest BCUT2D eigenvalue weighted by Gasteiger charge is -2.35. The van der Waals surface area contributed by atoms with Crippen LogP contribution < -0.4 is 30.2 Å². The highest BCUT2D eigenvalue weighted by Gasteiger charge is 2.42. The number of carbonyl (C=O) groups excluding carboxylic acids is 3. The molecule has 2 saturated heterocycles. The number of hydrogen-bond donors (Lipinski definition) is 5. The lowest BCUT2D eigenvalue weighted by atomic mass is 10.2. The predicted molar refractivity (Wildman–Crippen MR) is 199 cm³/mol. The second-order valence-corrected chi connectivity index (χ2v) is 13.2. The van der Waals surface area contributed by atoms with Crippen LogP contribution in [-0.2, 0) is 4.74 Å². The van der Waals surface area contributed by atoms with Gasteiger partial charge in [0.25, 0.3) is 0 Å². The number of H-pyrrole nitrogens is 2. The number of carboxylic acids is 1. The first-order chi connectivity index (χ1) is 26.7. The Balaban J connectivity index is 0.000000144. The molecule has 55 heavy (non-hydrogen) atoms. The summed E-state index contributed by atoms with van der Waals surface area (Å²) < 4.78 is 4.76. The molecule has 0 aliphatic carbocycles. The van der Waals surface area contributed by atoms with Gasteiger partial charge < -0.3 is 29.6 Å². The SMILES string of the molecule is COC(=O)c1ccc2c(n1)N(C(=O)Nc1ncc3[nH]ccc3n1)[C@H]1CCN2C1.O=C(O)c1ccc2c(n1)N(C(=O)Nc1ncc3[nH]ccc3n1)[C@H]1CCN2C1. The second kappa shape index (κ2) is 13.2. The molecule has 278 valence electrons. The number of nitrogens with one attached hydrogen (secondary N) is 4. The number of nitrogens with zero attached hydrogens (tertiary/aromatic N) is 10. The number of anilines is 6. The highest BCUT2D eigenvalue weighted by Crippen LogP contribution is 2.40. The molecule has 2 atom stereocenters. The average Bonchev–Trinajstić information content (AvgIpc) is 4.02. The van der Waals surface area contributed by atoms with E-state index in [9.17, 15) is 24.3 Å². The van der Waals surface area contributed by atoms with Gasteiger partial charge in [0.05, 0.1) is 65.0 Å². The summed E-state index contributed by atoms with van der Waals surface area (Å²) in [7, 11) is 1.30. The summed E-state index contributed by atoms with van der Waals surface area (Å²) in [5, 5.41) is 14.7. The normalized spacial score (nSPS) is 17.7. The zero-order valence-electron chi connectivity index (χ0n) is 29.1. The number of aromatic nitrogens is 8. The summed E-state index contributed by atoms with van der Waals surface area (Å²) in [4.78, 5) is 88.3. The molecular formula is C35H32N14O6. The molecule has 0 saturated carbocycles. The van der Waals surface area contributed by atoms with Crippen molar-refractivity contribution in [1.82, 2.24) is 39.9 Å². The maximum Gasteiger partial charge on any atom is 0.356 e. The molecule has 4 aliphatic heterocycles. The van der Waals surface area contributed by atoms with Crippen molar-refractivity contribution in [3.63, 3.8) is 0 Å². The molecule has 4 bridgehead atoms. The summed E-state index contributed by atoms with van der Waals surface area (Å²) in [5.74, 6) is -0.489. The number of rotatable bonds is 4. The van der Waals surface area contributed by atoms with Gasteiger partial charge in [-0.1, -0.05) is 0 Å². The van der Waals surface area contributed by atoms with Crippen molar-refractivity contribution in [2.75, 3.05) is 63.5 Å². The van der Waals surface area contributed by atoms with Gasteiger partial charge in [-0.05, 0) is 49.2 Å². The van der Waals surface area contributed by atoms with Crippen LogP contribution in [0.4, 0.5) is 44.5 Å². The Morgan fingerprint density at radius 2 is 1.20 bits per heavy atom. The van der Waals surface area contributed by atoms with Gasteiger partial charge in [-0.2, -0.15) is 0 Å². The first kappa shape index (κ1) is 33.5.